The van der Waals surface area contributed by atoms with Gasteiger partial charge in [0, 0.05) is 22.3 Å². The van der Waals surface area contributed by atoms with Crippen LogP contribution in [0, 0.1) is 5.82 Å². The molecule has 0 spiro atoms. The first-order valence-electron chi connectivity index (χ1n) is 4.89. The summed E-state index contributed by atoms with van der Waals surface area (Å²) < 4.78 is 13.4. The van der Waals surface area contributed by atoms with Gasteiger partial charge in [0.1, 0.15) is 11.6 Å². The maximum atomic E-state index is 13.4. The van der Waals surface area contributed by atoms with Crippen molar-refractivity contribution in [2.24, 2.45) is 0 Å². The van der Waals surface area contributed by atoms with E-state index in [0.717, 1.165) is 5.69 Å². The van der Waals surface area contributed by atoms with Gasteiger partial charge in [0.05, 0.1) is 0 Å². The summed E-state index contributed by atoms with van der Waals surface area (Å²) in [5, 5.41) is 7.03. The second kappa shape index (κ2) is 5.89. The van der Waals surface area contributed by atoms with Crippen molar-refractivity contribution >= 4 is 29.8 Å². The monoisotopic (exact) mass is 275 g/mol. The van der Waals surface area contributed by atoms with Crippen molar-refractivity contribution in [3.8, 4) is 0 Å². The number of nitrogens with two attached hydrogens (primary N) is 1. The summed E-state index contributed by atoms with van der Waals surface area (Å²) in [6.45, 7) is 0. The SMILES string of the molecule is Cl.Nc1cc(CCc2c(F)cccc2Cl)[nH]n1. The van der Waals surface area contributed by atoms with Crippen LogP contribution in [0.5, 0.6) is 0 Å². The highest BCUT2D eigenvalue weighted by Crippen LogP contribution is 2.20. The molecule has 0 aliphatic carbocycles. The van der Waals surface area contributed by atoms with Crippen LogP contribution in [0.4, 0.5) is 10.2 Å². The number of halogens is 3. The first-order chi connectivity index (χ1) is 7.66. The molecule has 0 fully saturated rings. The molecule has 0 aliphatic rings. The molecular weight excluding hydrogens is 264 g/mol. The third-order valence-corrected chi connectivity index (χ3v) is 2.71. The molecule has 1 heterocycles. The van der Waals surface area contributed by atoms with Gasteiger partial charge in [-0.25, -0.2) is 4.39 Å². The van der Waals surface area contributed by atoms with Crippen molar-refractivity contribution in [3.63, 3.8) is 0 Å². The number of nitrogens with zero attached hydrogens (tertiary/aromatic N) is 1. The average Bonchev–Trinajstić information content (AvgIpc) is 2.63. The summed E-state index contributed by atoms with van der Waals surface area (Å²) in [6, 6.07) is 6.41. The predicted molar refractivity (Wildman–Crippen MR) is 69.1 cm³/mol. The third kappa shape index (κ3) is 3.35. The average molecular weight is 276 g/mol. The van der Waals surface area contributed by atoms with Crippen LogP contribution in [0.15, 0.2) is 24.3 Å². The van der Waals surface area contributed by atoms with Crippen LogP contribution in [0.3, 0.4) is 0 Å². The van der Waals surface area contributed by atoms with Crippen LogP contribution in [0.25, 0.3) is 0 Å². The Kier molecular flexibility index (Phi) is 4.78. The first-order valence-corrected chi connectivity index (χ1v) is 5.27. The zero-order valence-electron chi connectivity index (χ0n) is 8.91. The summed E-state index contributed by atoms with van der Waals surface area (Å²) in [5.74, 6) is 0.162. The highest BCUT2D eigenvalue weighted by atomic mass is 35.5. The Hall–Kier alpha value is -1.26. The van der Waals surface area contributed by atoms with Gasteiger partial charge < -0.3 is 5.73 Å². The molecule has 92 valence electrons. The van der Waals surface area contributed by atoms with E-state index in [0.29, 0.717) is 29.2 Å². The van der Waals surface area contributed by atoms with Crippen molar-refractivity contribution in [1.82, 2.24) is 10.2 Å². The van der Waals surface area contributed by atoms with E-state index in [4.69, 9.17) is 17.3 Å². The number of rotatable bonds is 3. The number of nitrogens with one attached hydrogen (secondary N) is 1. The Balaban J connectivity index is 0.00000144. The summed E-state index contributed by atoms with van der Waals surface area (Å²) in [7, 11) is 0. The smallest absolute Gasteiger partial charge is 0.145 e. The predicted octanol–water partition coefficient (Wildman–Crippen LogP) is 2.99. The van der Waals surface area contributed by atoms with Crippen molar-refractivity contribution in [1.29, 1.82) is 0 Å². The maximum Gasteiger partial charge on any atom is 0.145 e. The quantitative estimate of drug-likeness (QED) is 0.905. The Morgan fingerprint density at radius 2 is 2.12 bits per heavy atom. The molecular formula is C11H12Cl2FN3. The molecule has 6 heteroatoms. The molecule has 0 bridgehead atoms. The molecule has 1 aromatic carbocycles. The molecule has 3 N–H and O–H groups in total. The summed E-state index contributed by atoms with van der Waals surface area (Å²) in [5.41, 5.74) is 6.86. The van der Waals surface area contributed by atoms with Gasteiger partial charge in [-0.05, 0) is 25.0 Å². The van der Waals surface area contributed by atoms with Crippen LogP contribution in [-0.2, 0) is 12.8 Å². The zero-order valence-corrected chi connectivity index (χ0v) is 10.5. The minimum absolute atomic E-state index is 0. The minimum atomic E-state index is -0.278. The number of aryl methyl sites for hydroxylation is 1. The number of nitrogen functional groups attached to an aromatic ring is 1. The molecule has 2 aromatic rings. The van der Waals surface area contributed by atoms with Crippen LogP contribution in [-0.4, -0.2) is 10.2 Å². The minimum Gasteiger partial charge on any atom is -0.382 e. The van der Waals surface area contributed by atoms with E-state index in [-0.39, 0.29) is 18.2 Å². The molecule has 3 nitrogen and oxygen atoms in total. The van der Waals surface area contributed by atoms with Crippen molar-refractivity contribution in [2.45, 2.75) is 12.8 Å². The van der Waals surface area contributed by atoms with Crippen molar-refractivity contribution in [2.75, 3.05) is 5.73 Å². The molecule has 1 aromatic heterocycles. The molecule has 0 atom stereocenters. The number of aromatic amines is 1. The largest absolute Gasteiger partial charge is 0.382 e. The van der Waals surface area contributed by atoms with Gasteiger partial charge in [0.25, 0.3) is 0 Å². The van der Waals surface area contributed by atoms with Gasteiger partial charge in [0.2, 0.25) is 0 Å². The number of benzene rings is 1. The number of aromatic nitrogens is 2. The lowest BCUT2D eigenvalue weighted by Gasteiger charge is -2.04. The Morgan fingerprint density at radius 3 is 2.71 bits per heavy atom. The highest BCUT2D eigenvalue weighted by molar-refractivity contribution is 6.31. The fraction of sp³-hybridized carbons (Fsp3) is 0.182. The lowest BCUT2D eigenvalue weighted by atomic mass is 10.1. The van der Waals surface area contributed by atoms with Gasteiger partial charge in [-0.1, -0.05) is 17.7 Å². The van der Waals surface area contributed by atoms with Crippen LogP contribution >= 0.6 is 24.0 Å². The van der Waals surface area contributed by atoms with E-state index in [1.54, 1.807) is 18.2 Å². The van der Waals surface area contributed by atoms with Crippen molar-refractivity contribution < 1.29 is 4.39 Å². The second-order valence-electron chi connectivity index (χ2n) is 3.52. The van der Waals surface area contributed by atoms with E-state index < -0.39 is 0 Å². The third-order valence-electron chi connectivity index (χ3n) is 2.36. The standard InChI is InChI=1S/C11H11ClFN3.ClH/c12-9-2-1-3-10(13)8(9)5-4-7-6-11(14)16-15-7;/h1-3,6H,4-5H2,(H3,14,15,16);1H. The molecule has 17 heavy (non-hydrogen) atoms. The van der Waals surface area contributed by atoms with Crippen LogP contribution < -0.4 is 5.73 Å². The number of hydrogen-bond donors (Lipinski definition) is 2. The fourth-order valence-electron chi connectivity index (χ4n) is 1.54. The normalized spacial score (nSPS) is 10.0. The first kappa shape index (κ1) is 13.8. The van der Waals surface area contributed by atoms with Gasteiger partial charge in [0.15, 0.2) is 0 Å². The summed E-state index contributed by atoms with van der Waals surface area (Å²) >= 11 is 5.91. The molecule has 0 saturated heterocycles. The van der Waals surface area contributed by atoms with E-state index in [9.17, 15) is 4.39 Å². The zero-order chi connectivity index (χ0) is 11.5. The second-order valence-corrected chi connectivity index (χ2v) is 3.93. The van der Waals surface area contributed by atoms with Gasteiger partial charge >= 0.3 is 0 Å². The Bertz CT molecular complexity index is 479. The number of H-pyrrole nitrogens is 1. The number of hydrogen-bond acceptors (Lipinski definition) is 2. The van der Waals surface area contributed by atoms with Crippen LogP contribution in [0.2, 0.25) is 5.02 Å². The summed E-state index contributed by atoms with van der Waals surface area (Å²) in [4.78, 5) is 0. The highest BCUT2D eigenvalue weighted by Gasteiger charge is 2.07. The van der Waals surface area contributed by atoms with E-state index in [1.807, 2.05) is 0 Å². The maximum absolute atomic E-state index is 13.4. The summed E-state index contributed by atoms with van der Waals surface area (Å²) in [6.07, 6.45) is 1.15. The van der Waals surface area contributed by atoms with E-state index in [1.165, 1.54) is 6.07 Å². The Morgan fingerprint density at radius 1 is 1.35 bits per heavy atom. The Labute approximate surface area is 110 Å². The fourth-order valence-corrected chi connectivity index (χ4v) is 1.80. The molecule has 0 amide bonds. The topological polar surface area (TPSA) is 54.7 Å². The molecule has 0 aliphatic heterocycles. The van der Waals surface area contributed by atoms with E-state index >= 15 is 0 Å². The van der Waals surface area contributed by atoms with Gasteiger partial charge in [-0.2, -0.15) is 5.10 Å². The molecule has 0 saturated carbocycles. The van der Waals surface area contributed by atoms with Crippen molar-refractivity contribution in [3.05, 3.63) is 46.4 Å². The van der Waals surface area contributed by atoms with Crippen LogP contribution in [0.1, 0.15) is 11.3 Å². The van der Waals surface area contributed by atoms with Gasteiger partial charge in [-0.15, -0.1) is 12.4 Å². The van der Waals surface area contributed by atoms with Gasteiger partial charge in [-0.3, -0.25) is 5.10 Å². The molecule has 0 unspecified atom stereocenters. The lowest BCUT2D eigenvalue weighted by Crippen LogP contribution is -1.96. The van der Waals surface area contributed by atoms with E-state index in [2.05, 4.69) is 10.2 Å². The number of anilines is 1. The molecule has 0 radical (unpaired) electrons. The lowest BCUT2D eigenvalue weighted by molar-refractivity contribution is 0.608. The molecule has 2 rings (SSSR count).